The van der Waals surface area contributed by atoms with Crippen molar-refractivity contribution in [2.75, 3.05) is 25.1 Å². The van der Waals surface area contributed by atoms with Gasteiger partial charge in [0.1, 0.15) is 0 Å². The first-order valence-electron chi connectivity index (χ1n) is 8.20. The van der Waals surface area contributed by atoms with Crippen molar-refractivity contribution >= 4 is 40.9 Å². The van der Waals surface area contributed by atoms with Gasteiger partial charge in [0.15, 0.2) is 6.61 Å². The molecule has 5 nitrogen and oxygen atoms in total. The smallest absolute Gasteiger partial charge is 0.421 e. The summed E-state index contributed by atoms with van der Waals surface area (Å²) in [4.78, 5) is 27.5. The van der Waals surface area contributed by atoms with Crippen LogP contribution in [0.25, 0.3) is 0 Å². The van der Waals surface area contributed by atoms with Gasteiger partial charge in [-0.3, -0.25) is 4.79 Å². The molecule has 0 radical (unpaired) electrons. The number of carbonyl (C=O) groups excluding carboxylic acids is 2. The van der Waals surface area contributed by atoms with E-state index in [1.807, 2.05) is 25.2 Å². The van der Waals surface area contributed by atoms with E-state index < -0.39 is 6.09 Å². The van der Waals surface area contributed by atoms with Crippen LogP contribution in [-0.4, -0.2) is 37.1 Å². The SMILES string of the molecule is CN1Cc2c(Cl)cc(Cl)cc2[C@H](c2ccccc2N2C(=O)COC2=O)C1. The van der Waals surface area contributed by atoms with Crippen LogP contribution in [0, 0.1) is 0 Å². The van der Waals surface area contributed by atoms with Gasteiger partial charge in [-0.15, -0.1) is 0 Å². The lowest BCUT2D eigenvalue weighted by Gasteiger charge is -2.34. The van der Waals surface area contributed by atoms with Gasteiger partial charge >= 0.3 is 6.09 Å². The maximum absolute atomic E-state index is 12.2. The zero-order valence-electron chi connectivity index (χ0n) is 14.0. The predicted molar refractivity (Wildman–Crippen MR) is 99.9 cm³/mol. The van der Waals surface area contributed by atoms with Crippen LogP contribution in [0.15, 0.2) is 36.4 Å². The highest BCUT2D eigenvalue weighted by Gasteiger charge is 2.36. The summed E-state index contributed by atoms with van der Waals surface area (Å²) in [5.41, 5.74) is 3.45. The molecular formula is C19H16Cl2N2O3. The van der Waals surface area contributed by atoms with Gasteiger partial charge in [-0.1, -0.05) is 41.4 Å². The minimum Gasteiger partial charge on any atom is -0.439 e. The average molecular weight is 391 g/mol. The third kappa shape index (κ3) is 2.86. The van der Waals surface area contributed by atoms with Gasteiger partial charge in [-0.2, -0.15) is 0 Å². The maximum atomic E-state index is 12.2. The first-order chi connectivity index (χ1) is 12.5. The molecular weight excluding hydrogens is 375 g/mol. The van der Waals surface area contributed by atoms with E-state index in [1.54, 1.807) is 18.2 Å². The highest BCUT2D eigenvalue weighted by Crippen LogP contribution is 2.41. The molecule has 1 atom stereocenters. The quantitative estimate of drug-likeness (QED) is 0.775. The number of hydrogen-bond donors (Lipinski definition) is 0. The molecule has 2 amide bonds. The third-order valence-electron chi connectivity index (χ3n) is 4.80. The summed E-state index contributed by atoms with van der Waals surface area (Å²) in [7, 11) is 2.01. The number of fused-ring (bicyclic) bond motifs is 1. The van der Waals surface area contributed by atoms with Crippen molar-refractivity contribution in [3.8, 4) is 0 Å². The standard InChI is InChI=1S/C19H16Cl2N2O3/c1-22-8-14(13-6-11(20)7-16(21)15(13)9-22)12-4-2-3-5-17(12)23-18(24)10-26-19(23)25/h2-7,14H,8-10H2,1H3/t14-/m0/s1. The van der Waals surface area contributed by atoms with Crippen molar-refractivity contribution < 1.29 is 14.3 Å². The molecule has 2 aliphatic rings. The summed E-state index contributed by atoms with van der Waals surface area (Å²) >= 11 is 12.7. The van der Waals surface area contributed by atoms with Crippen molar-refractivity contribution in [2.24, 2.45) is 0 Å². The molecule has 2 aromatic rings. The van der Waals surface area contributed by atoms with E-state index in [0.717, 1.165) is 28.1 Å². The van der Waals surface area contributed by atoms with E-state index >= 15 is 0 Å². The molecule has 0 unspecified atom stereocenters. The zero-order chi connectivity index (χ0) is 18.4. The normalized spacial score (nSPS) is 20.3. The van der Waals surface area contributed by atoms with Gasteiger partial charge in [0.25, 0.3) is 5.91 Å². The lowest BCUT2D eigenvalue weighted by atomic mass is 9.83. The number of imide groups is 1. The summed E-state index contributed by atoms with van der Waals surface area (Å²) in [6, 6.07) is 11.0. The third-order valence-corrected chi connectivity index (χ3v) is 5.35. The Morgan fingerprint density at radius 3 is 2.62 bits per heavy atom. The summed E-state index contributed by atoms with van der Waals surface area (Å²) in [5, 5.41) is 1.19. The van der Waals surface area contributed by atoms with Crippen LogP contribution in [0.4, 0.5) is 10.5 Å². The molecule has 4 rings (SSSR count). The highest BCUT2D eigenvalue weighted by atomic mass is 35.5. The fourth-order valence-corrected chi connectivity index (χ4v) is 4.25. The molecule has 1 fully saturated rings. The highest BCUT2D eigenvalue weighted by molar-refractivity contribution is 6.35. The number of hydrogen-bond acceptors (Lipinski definition) is 4. The Bertz CT molecular complexity index is 900. The molecule has 2 aliphatic heterocycles. The predicted octanol–water partition coefficient (Wildman–Crippen LogP) is 4.05. The number of amides is 2. The Morgan fingerprint density at radius 2 is 1.88 bits per heavy atom. The Hall–Kier alpha value is -2.08. The Labute approximate surface area is 161 Å². The molecule has 134 valence electrons. The Balaban J connectivity index is 1.88. The van der Waals surface area contributed by atoms with Crippen molar-refractivity contribution in [3.63, 3.8) is 0 Å². The fourth-order valence-electron chi connectivity index (χ4n) is 3.68. The number of halogens is 2. The van der Waals surface area contributed by atoms with Crippen molar-refractivity contribution in [3.05, 3.63) is 63.1 Å². The number of nitrogens with zero attached hydrogens (tertiary/aromatic N) is 2. The number of benzene rings is 2. The fraction of sp³-hybridized carbons (Fsp3) is 0.263. The molecule has 26 heavy (non-hydrogen) atoms. The van der Waals surface area contributed by atoms with E-state index in [4.69, 9.17) is 27.9 Å². The summed E-state index contributed by atoms with van der Waals surface area (Å²) < 4.78 is 4.89. The number of para-hydroxylation sites is 1. The molecule has 2 heterocycles. The number of ether oxygens (including phenoxy) is 1. The van der Waals surface area contributed by atoms with Crippen molar-refractivity contribution in [1.29, 1.82) is 0 Å². The topological polar surface area (TPSA) is 49.9 Å². The molecule has 2 aromatic carbocycles. The second-order valence-corrected chi connectivity index (χ2v) is 7.39. The molecule has 0 aliphatic carbocycles. The molecule has 0 bridgehead atoms. The van der Waals surface area contributed by atoms with Crippen LogP contribution in [0.3, 0.4) is 0 Å². The lowest BCUT2D eigenvalue weighted by Crippen LogP contribution is -2.34. The van der Waals surface area contributed by atoms with Crippen LogP contribution >= 0.6 is 23.2 Å². The maximum Gasteiger partial charge on any atom is 0.421 e. The van der Waals surface area contributed by atoms with E-state index in [1.165, 1.54) is 0 Å². The van der Waals surface area contributed by atoms with E-state index in [0.29, 0.717) is 22.3 Å². The number of carbonyl (C=O) groups is 2. The number of rotatable bonds is 2. The molecule has 7 heteroatoms. The van der Waals surface area contributed by atoms with Gasteiger partial charge in [0.05, 0.1) is 5.69 Å². The first kappa shape index (κ1) is 17.3. The largest absolute Gasteiger partial charge is 0.439 e. The van der Waals surface area contributed by atoms with Gasteiger partial charge in [0.2, 0.25) is 0 Å². The van der Waals surface area contributed by atoms with E-state index in [9.17, 15) is 9.59 Å². The van der Waals surface area contributed by atoms with Crippen LogP contribution in [0.5, 0.6) is 0 Å². The van der Waals surface area contributed by atoms with Crippen LogP contribution in [0.2, 0.25) is 10.0 Å². The van der Waals surface area contributed by atoms with Crippen LogP contribution in [-0.2, 0) is 16.1 Å². The summed E-state index contributed by atoms with van der Waals surface area (Å²) in [6.07, 6.45) is -0.643. The van der Waals surface area contributed by atoms with Gasteiger partial charge in [-0.25, -0.2) is 9.69 Å². The lowest BCUT2D eigenvalue weighted by molar-refractivity contribution is -0.117. The number of likely N-dealkylation sites (N-methyl/N-ethyl adjacent to an activating group) is 1. The molecule has 0 saturated carbocycles. The van der Waals surface area contributed by atoms with Crippen LogP contribution < -0.4 is 4.90 Å². The minimum atomic E-state index is -0.643. The monoisotopic (exact) mass is 390 g/mol. The molecule has 0 N–H and O–H groups in total. The zero-order valence-corrected chi connectivity index (χ0v) is 15.5. The summed E-state index contributed by atoms with van der Waals surface area (Å²) in [5.74, 6) is -0.437. The van der Waals surface area contributed by atoms with Gasteiger partial charge in [0, 0.05) is 29.1 Å². The molecule has 0 aromatic heterocycles. The second-order valence-electron chi connectivity index (χ2n) is 6.55. The minimum absolute atomic E-state index is 0.0719. The average Bonchev–Trinajstić information content (AvgIpc) is 2.93. The molecule has 0 spiro atoms. The van der Waals surface area contributed by atoms with Crippen molar-refractivity contribution in [2.45, 2.75) is 12.5 Å². The second kappa shape index (κ2) is 6.58. The Morgan fingerprint density at radius 1 is 1.12 bits per heavy atom. The van der Waals surface area contributed by atoms with E-state index in [-0.39, 0.29) is 18.4 Å². The van der Waals surface area contributed by atoms with Crippen molar-refractivity contribution in [1.82, 2.24) is 4.90 Å². The first-order valence-corrected chi connectivity index (χ1v) is 8.96. The van der Waals surface area contributed by atoms with E-state index in [2.05, 4.69) is 4.90 Å². The number of cyclic esters (lactones) is 1. The molecule has 1 saturated heterocycles. The summed E-state index contributed by atoms with van der Waals surface area (Å²) in [6.45, 7) is 1.21. The number of anilines is 1. The van der Waals surface area contributed by atoms with Gasteiger partial charge < -0.3 is 9.64 Å². The Kier molecular flexibility index (Phi) is 4.39. The van der Waals surface area contributed by atoms with Gasteiger partial charge in [-0.05, 0) is 41.9 Å². The van der Waals surface area contributed by atoms with Crippen LogP contribution in [0.1, 0.15) is 22.6 Å².